The van der Waals surface area contributed by atoms with E-state index in [-0.39, 0.29) is 12.5 Å². The van der Waals surface area contributed by atoms with Gasteiger partial charge in [0.15, 0.2) is 0 Å². The number of nitrogens with one attached hydrogen (secondary N) is 3. The molecule has 0 atom stereocenters. The number of para-hydroxylation sites is 1. The summed E-state index contributed by atoms with van der Waals surface area (Å²) in [5.41, 5.74) is 3.62. The van der Waals surface area contributed by atoms with E-state index in [1.54, 1.807) is 17.0 Å². The SMILES string of the molecule is C#CCNC(=O)c1ccccc1Nc1ccc2c(C=Nn3cccc3)[nH]nc2c1. The predicted molar refractivity (Wildman–Crippen MR) is 114 cm³/mol. The van der Waals surface area contributed by atoms with Crippen molar-refractivity contribution >= 4 is 34.4 Å². The molecule has 0 aliphatic rings. The van der Waals surface area contributed by atoms with Gasteiger partial charge >= 0.3 is 0 Å². The Bertz CT molecular complexity index is 1210. The van der Waals surface area contributed by atoms with Gasteiger partial charge < -0.3 is 10.6 Å². The van der Waals surface area contributed by atoms with Gasteiger partial charge in [-0.05, 0) is 42.5 Å². The van der Waals surface area contributed by atoms with E-state index in [9.17, 15) is 4.79 Å². The number of benzene rings is 2. The van der Waals surface area contributed by atoms with Gasteiger partial charge in [-0.25, -0.2) is 4.68 Å². The molecule has 3 N–H and O–H groups in total. The van der Waals surface area contributed by atoms with E-state index >= 15 is 0 Å². The lowest BCUT2D eigenvalue weighted by Crippen LogP contribution is -2.24. The molecule has 7 heteroatoms. The molecular weight excluding hydrogens is 364 g/mol. The molecule has 0 saturated carbocycles. The average Bonchev–Trinajstić information content (AvgIpc) is 3.40. The molecule has 0 spiro atoms. The number of aromatic amines is 1. The van der Waals surface area contributed by atoms with Gasteiger partial charge in [-0.3, -0.25) is 9.89 Å². The van der Waals surface area contributed by atoms with Crippen molar-refractivity contribution in [3.05, 3.63) is 78.2 Å². The lowest BCUT2D eigenvalue weighted by molar-refractivity contribution is 0.0959. The molecule has 29 heavy (non-hydrogen) atoms. The number of rotatable bonds is 6. The number of hydrogen-bond acceptors (Lipinski definition) is 4. The second-order valence-corrected chi connectivity index (χ2v) is 6.23. The van der Waals surface area contributed by atoms with Crippen molar-refractivity contribution in [2.24, 2.45) is 5.10 Å². The average molecular weight is 382 g/mol. The fourth-order valence-electron chi connectivity index (χ4n) is 2.91. The first-order valence-electron chi connectivity index (χ1n) is 8.98. The number of anilines is 2. The third-order valence-electron chi connectivity index (χ3n) is 4.30. The van der Waals surface area contributed by atoms with E-state index in [0.717, 1.165) is 22.3 Å². The third-order valence-corrected chi connectivity index (χ3v) is 4.30. The van der Waals surface area contributed by atoms with Gasteiger partial charge in [0.2, 0.25) is 0 Å². The van der Waals surface area contributed by atoms with Crippen LogP contribution in [0.25, 0.3) is 10.9 Å². The van der Waals surface area contributed by atoms with Crippen LogP contribution in [0.4, 0.5) is 11.4 Å². The molecule has 2 aromatic heterocycles. The summed E-state index contributed by atoms with van der Waals surface area (Å²) in [5, 5.41) is 18.6. The summed E-state index contributed by atoms with van der Waals surface area (Å²) in [6, 6.07) is 16.9. The number of H-pyrrole nitrogens is 1. The van der Waals surface area contributed by atoms with Crippen molar-refractivity contribution in [3.63, 3.8) is 0 Å². The Kier molecular flexibility index (Phi) is 5.08. The molecule has 0 bridgehead atoms. The standard InChI is InChI=1S/C22H18N6O/c1-2-11-23-22(29)18-7-3-4-8-19(18)25-16-9-10-17-20(14-16)26-27-21(17)15-24-28-12-5-6-13-28/h1,3-10,12-15,25H,11H2,(H,23,29)(H,26,27). The van der Waals surface area contributed by atoms with E-state index in [1.807, 2.05) is 60.9 Å². The second kappa shape index (κ2) is 8.15. The number of hydrogen-bond donors (Lipinski definition) is 3. The highest BCUT2D eigenvalue weighted by Crippen LogP contribution is 2.24. The summed E-state index contributed by atoms with van der Waals surface area (Å²) in [6.45, 7) is 0.180. The minimum absolute atomic E-state index is 0.180. The first-order valence-corrected chi connectivity index (χ1v) is 8.98. The maximum atomic E-state index is 12.3. The van der Waals surface area contributed by atoms with Crippen molar-refractivity contribution in [3.8, 4) is 12.3 Å². The van der Waals surface area contributed by atoms with Gasteiger partial charge in [-0.1, -0.05) is 18.1 Å². The van der Waals surface area contributed by atoms with Crippen LogP contribution in [0.2, 0.25) is 0 Å². The monoisotopic (exact) mass is 382 g/mol. The Morgan fingerprint density at radius 3 is 2.86 bits per heavy atom. The van der Waals surface area contributed by atoms with Gasteiger partial charge in [-0.15, -0.1) is 6.42 Å². The van der Waals surface area contributed by atoms with Crippen molar-refractivity contribution in [1.82, 2.24) is 20.2 Å². The highest BCUT2D eigenvalue weighted by Gasteiger charge is 2.11. The summed E-state index contributed by atoms with van der Waals surface area (Å²) in [7, 11) is 0. The van der Waals surface area contributed by atoms with Crippen molar-refractivity contribution in [2.75, 3.05) is 11.9 Å². The van der Waals surface area contributed by atoms with Gasteiger partial charge in [0, 0.05) is 23.5 Å². The Balaban J connectivity index is 1.57. The smallest absolute Gasteiger partial charge is 0.254 e. The van der Waals surface area contributed by atoms with Gasteiger partial charge in [0.05, 0.1) is 35.2 Å². The van der Waals surface area contributed by atoms with Crippen LogP contribution < -0.4 is 10.6 Å². The quantitative estimate of drug-likeness (QED) is 0.353. The highest BCUT2D eigenvalue weighted by atomic mass is 16.1. The lowest BCUT2D eigenvalue weighted by atomic mass is 10.1. The third kappa shape index (κ3) is 4.01. The maximum absolute atomic E-state index is 12.3. The first kappa shape index (κ1) is 18.1. The Hall–Kier alpha value is -4.31. The predicted octanol–water partition coefficient (Wildman–Crippen LogP) is 3.35. The van der Waals surface area contributed by atoms with Crippen LogP contribution in [-0.2, 0) is 0 Å². The Labute approximate surface area is 167 Å². The zero-order valence-electron chi connectivity index (χ0n) is 15.5. The number of fused-ring (bicyclic) bond motifs is 1. The van der Waals surface area contributed by atoms with Crippen LogP contribution in [0.15, 0.2) is 72.1 Å². The number of carbonyl (C=O) groups is 1. The molecule has 0 fully saturated rings. The molecule has 2 aromatic carbocycles. The molecule has 0 radical (unpaired) electrons. The minimum atomic E-state index is -0.226. The molecule has 142 valence electrons. The molecule has 0 unspecified atom stereocenters. The largest absolute Gasteiger partial charge is 0.355 e. The van der Waals surface area contributed by atoms with E-state index in [0.29, 0.717) is 11.3 Å². The van der Waals surface area contributed by atoms with Crippen LogP contribution in [0.5, 0.6) is 0 Å². The summed E-state index contributed by atoms with van der Waals surface area (Å²) in [5.74, 6) is 2.18. The maximum Gasteiger partial charge on any atom is 0.254 e. The van der Waals surface area contributed by atoms with Gasteiger partial charge in [0.1, 0.15) is 0 Å². The molecule has 4 aromatic rings. The summed E-state index contributed by atoms with van der Waals surface area (Å²) >= 11 is 0. The number of carbonyl (C=O) groups excluding carboxylic acids is 1. The van der Waals surface area contributed by atoms with Crippen molar-refractivity contribution in [2.45, 2.75) is 0 Å². The van der Waals surface area contributed by atoms with Crippen LogP contribution in [0.3, 0.4) is 0 Å². The topological polar surface area (TPSA) is 87.1 Å². The molecule has 4 rings (SSSR count). The Morgan fingerprint density at radius 1 is 1.21 bits per heavy atom. The molecule has 0 saturated heterocycles. The van der Waals surface area contributed by atoms with E-state index in [4.69, 9.17) is 6.42 Å². The van der Waals surface area contributed by atoms with E-state index in [1.165, 1.54) is 0 Å². The molecule has 2 heterocycles. The van der Waals surface area contributed by atoms with Gasteiger partial charge in [0.25, 0.3) is 5.91 Å². The summed E-state index contributed by atoms with van der Waals surface area (Å²) < 4.78 is 1.71. The molecular formula is C22H18N6O. The van der Waals surface area contributed by atoms with Crippen LogP contribution in [-0.4, -0.2) is 33.5 Å². The highest BCUT2D eigenvalue weighted by molar-refractivity contribution is 6.01. The van der Waals surface area contributed by atoms with Crippen molar-refractivity contribution in [1.29, 1.82) is 0 Å². The number of nitrogens with zero attached hydrogens (tertiary/aromatic N) is 3. The van der Waals surface area contributed by atoms with E-state index in [2.05, 4.69) is 31.9 Å². The lowest BCUT2D eigenvalue weighted by Gasteiger charge is -2.11. The molecule has 7 nitrogen and oxygen atoms in total. The fraction of sp³-hybridized carbons (Fsp3) is 0.0455. The second-order valence-electron chi connectivity index (χ2n) is 6.23. The summed E-state index contributed by atoms with van der Waals surface area (Å²) in [4.78, 5) is 12.3. The van der Waals surface area contributed by atoms with Crippen LogP contribution in [0.1, 0.15) is 16.1 Å². The minimum Gasteiger partial charge on any atom is -0.355 e. The first-order chi connectivity index (χ1) is 14.2. The Morgan fingerprint density at radius 2 is 2.03 bits per heavy atom. The normalized spacial score (nSPS) is 10.9. The number of aromatic nitrogens is 3. The zero-order valence-corrected chi connectivity index (χ0v) is 15.5. The number of terminal acetylenes is 1. The van der Waals surface area contributed by atoms with Crippen LogP contribution in [0, 0.1) is 12.3 Å². The van der Waals surface area contributed by atoms with Crippen LogP contribution >= 0.6 is 0 Å². The zero-order chi connectivity index (χ0) is 20.1. The van der Waals surface area contributed by atoms with E-state index < -0.39 is 0 Å². The van der Waals surface area contributed by atoms with Gasteiger partial charge in [-0.2, -0.15) is 10.2 Å². The number of amides is 1. The molecule has 0 aliphatic carbocycles. The molecule has 0 aliphatic heterocycles. The summed E-state index contributed by atoms with van der Waals surface area (Å²) in [6.07, 6.45) is 10.7. The molecule has 1 amide bonds. The fourth-order valence-corrected chi connectivity index (χ4v) is 2.91. The van der Waals surface area contributed by atoms with Crippen molar-refractivity contribution < 1.29 is 4.79 Å².